The molecular weight excluding hydrogens is 272 g/mol. The fourth-order valence-corrected chi connectivity index (χ4v) is 4.80. The van der Waals surface area contributed by atoms with Crippen molar-refractivity contribution in [1.29, 1.82) is 0 Å². The Labute approximate surface area is 121 Å². The third kappa shape index (κ3) is 2.22. The van der Waals surface area contributed by atoms with Gasteiger partial charge in [0.2, 0.25) is 0 Å². The van der Waals surface area contributed by atoms with Crippen LogP contribution in [0.5, 0.6) is 0 Å². The molecule has 0 aliphatic rings. The van der Waals surface area contributed by atoms with Crippen molar-refractivity contribution in [3.8, 4) is 0 Å². The minimum atomic E-state index is -0.509. The summed E-state index contributed by atoms with van der Waals surface area (Å²) < 4.78 is 2.53. The first-order chi connectivity index (χ1) is 9.06. The summed E-state index contributed by atoms with van der Waals surface area (Å²) in [5, 5.41) is 12.8. The van der Waals surface area contributed by atoms with E-state index in [-0.39, 0.29) is 0 Å². The van der Waals surface area contributed by atoms with Crippen molar-refractivity contribution in [2.75, 3.05) is 0 Å². The van der Waals surface area contributed by atoms with Crippen LogP contribution in [0.15, 0.2) is 29.6 Å². The van der Waals surface area contributed by atoms with Crippen LogP contribution in [0, 0.1) is 20.8 Å². The first-order valence-electron chi connectivity index (χ1n) is 6.29. The quantitative estimate of drug-likeness (QED) is 0.706. The SMILES string of the molecule is Cc1cc(C)c(C(O)c2cc3sccc3s2)c(C)c1. The molecule has 19 heavy (non-hydrogen) atoms. The van der Waals surface area contributed by atoms with Crippen LogP contribution in [0.1, 0.15) is 33.2 Å². The monoisotopic (exact) mass is 288 g/mol. The smallest absolute Gasteiger partial charge is 0.114 e. The van der Waals surface area contributed by atoms with Gasteiger partial charge >= 0.3 is 0 Å². The lowest BCUT2D eigenvalue weighted by Crippen LogP contribution is -2.03. The minimum absolute atomic E-state index is 0.509. The normalized spacial score (nSPS) is 13.1. The van der Waals surface area contributed by atoms with E-state index < -0.39 is 6.10 Å². The van der Waals surface area contributed by atoms with Gasteiger partial charge < -0.3 is 5.11 Å². The van der Waals surface area contributed by atoms with Gasteiger partial charge in [0.25, 0.3) is 0 Å². The van der Waals surface area contributed by atoms with E-state index in [1.165, 1.54) is 26.1 Å². The number of aryl methyl sites for hydroxylation is 3. The standard InChI is InChI=1S/C16H16OS2/c1-9-6-10(2)15(11(3)7-9)16(17)14-8-13-12(19-14)4-5-18-13/h4-8,16-17H,1-3H3. The van der Waals surface area contributed by atoms with E-state index in [1.54, 1.807) is 22.7 Å². The summed E-state index contributed by atoms with van der Waals surface area (Å²) in [6.45, 7) is 6.25. The lowest BCUT2D eigenvalue weighted by Gasteiger charge is -2.16. The molecule has 0 aliphatic carbocycles. The Morgan fingerprint density at radius 3 is 2.32 bits per heavy atom. The van der Waals surface area contributed by atoms with Gasteiger partial charge in [0, 0.05) is 14.3 Å². The Bertz CT molecular complexity index is 685. The highest BCUT2D eigenvalue weighted by Crippen LogP contribution is 2.37. The zero-order chi connectivity index (χ0) is 13.6. The Hall–Kier alpha value is -1.16. The van der Waals surface area contributed by atoms with Gasteiger partial charge in [-0.15, -0.1) is 22.7 Å². The molecule has 3 rings (SSSR count). The molecule has 0 radical (unpaired) electrons. The van der Waals surface area contributed by atoms with Crippen LogP contribution >= 0.6 is 22.7 Å². The highest BCUT2D eigenvalue weighted by Gasteiger charge is 2.18. The van der Waals surface area contributed by atoms with E-state index in [0.717, 1.165) is 10.4 Å². The van der Waals surface area contributed by atoms with Gasteiger partial charge in [0.1, 0.15) is 6.10 Å². The Morgan fingerprint density at radius 2 is 1.68 bits per heavy atom. The number of rotatable bonds is 2. The summed E-state index contributed by atoms with van der Waals surface area (Å²) in [5.74, 6) is 0. The predicted molar refractivity (Wildman–Crippen MR) is 84.4 cm³/mol. The van der Waals surface area contributed by atoms with Crippen LogP contribution in [0.2, 0.25) is 0 Å². The maximum atomic E-state index is 10.7. The molecule has 1 aromatic carbocycles. The van der Waals surface area contributed by atoms with Gasteiger partial charge in [-0.1, -0.05) is 17.7 Å². The van der Waals surface area contributed by atoms with Crippen LogP contribution in [-0.2, 0) is 0 Å². The molecule has 0 bridgehead atoms. The average molecular weight is 288 g/mol. The first kappa shape index (κ1) is 12.9. The molecule has 1 unspecified atom stereocenters. The summed E-state index contributed by atoms with van der Waals surface area (Å²) in [4.78, 5) is 1.04. The lowest BCUT2D eigenvalue weighted by molar-refractivity contribution is 0.222. The Kier molecular flexibility index (Phi) is 3.21. The number of hydrogen-bond acceptors (Lipinski definition) is 3. The number of hydrogen-bond donors (Lipinski definition) is 1. The summed E-state index contributed by atoms with van der Waals surface area (Å²) >= 11 is 3.42. The molecule has 2 heterocycles. The molecule has 2 aromatic heterocycles. The Balaban J connectivity index is 2.09. The van der Waals surface area contributed by atoms with E-state index in [2.05, 4.69) is 50.4 Å². The number of benzene rings is 1. The second-order valence-electron chi connectivity index (χ2n) is 5.01. The van der Waals surface area contributed by atoms with Gasteiger partial charge in [-0.05, 0) is 55.0 Å². The first-order valence-corrected chi connectivity index (χ1v) is 7.98. The van der Waals surface area contributed by atoms with Crippen LogP contribution < -0.4 is 0 Å². The molecule has 0 aliphatic heterocycles. The molecule has 1 nitrogen and oxygen atoms in total. The lowest BCUT2D eigenvalue weighted by atomic mass is 9.95. The van der Waals surface area contributed by atoms with Crippen LogP contribution in [0.3, 0.4) is 0 Å². The Morgan fingerprint density at radius 1 is 1.00 bits per heavy atom. The van der Waals surface area contributed by atoms with E-state index in [9.17, 15) is 5.11 Å². The van der Waals surface area contributed by atoms with Crippen LogP contribution in [0.25, 0.3) is 9.40 Å². The van der Waals surface area contributed by atoms with E-state index in [0.29, 0.717) is 0 Å². The summed E-state index contributed by atoms with van der Waals surface area (Å²) in [5.41, 5.74) is 4.64. The van der Waals surface area contributed by atoms with Crippen LogP contribution in [-0.4, -0.2) is 5.11 Å². The van der Waals surface area contributed by atoms with Gasteiger partial charge in [-0.25, -0.2) is 0 Å². The van der Waals surface area contributed by atoms with E-state index in [4.69, 9.17) is 0 Å². The molecule has 1 atom stereocenters. The average Bonchev–Trinajstić information content (AvgIpc) is 2.86. The highest BCUT2D eigenvalue weighted by atomic mass is 32.1. The molecule has 0 amide bonds. The largest absolute Gasteiger partial charge is 0.383 e. The zero-order valence-corrected chi connectivity index (χ0v) is 12.9. The molecule has 3 aromatic rings. The molecule has 0 spiro atoms. The number of aliphatic hydroxyl groups excluding tert-OH is 1. The zero-order valence-electron chi connectivity index (χ0n) is 11.2. The predicted octanol–water partition coefficient (Wildman–Crippen LogP) is 4.97. The highest BCUT2D eigenvalue weighted by molar-refractivity contribution is 7.26. The fourth-order valence-electron chi connectivity index (χ4n) is 2.68. The topological polar surface area (TPSA) is 20.2 Å². The maximum absolute atomic E-state index is 10.7. The number of thiophene rings is 2. The van der Waals surface area contributed by atoms with Crippen LogP contribution in [0.4, 0.5) is 0 Å². The number of fused-ring (bicyclic) bond motifs is 1. The van der Waals surface area contributed by atoms with Crippen molar-refractivity contribution >= 4 is 32.1 Å². The molecular formula is C16H16OS2. The molecule has 3 heteroatoms. The fraction of sp³-hybridized carbons (Fsp3) is 0.250. The molecule has 0 saturated carbocycles. The summed E-state index contributed by atoms with van der Waals surface area (Å²) in [7, 11) is 0. The molecule has 0 fully saturated rings. The van der Waals surface area contributed by atoms with Crippen molar-refractivity contribution in [1.82, 2.24) is 0 Å². The van der Waals surface area contributed by atoms with Crippen molar-refractivity contribution in [3.63, 3.8) is 0 Å². The molecule has 0 saturated heterocycles. The third-order valence-electron chi connectivity index (χ3n) is 3.44. The second-order valence-corrected chi connectivity index (χ2v) is 7.08. The maximum Gasteiger partial charge on any atom is 0.114 e. The van der Waals surface area contributed by atoms with Gasteiger partial charge in [-0.3, -0.25) is 0 Å². The summed E-state index contributed by atoms with van der Waals surface area (Å²) in [6, 6.07) is 8.52. The van der Waals surface area contributed by atoms with Crippen molar-refractivity contribution in [3.05, 3.63) is 56.8 Å². The van der Waals surface area contributed by atoms with Gasteiger partial charge in [0.15, 0.2) is 0 Å². The number of aliphatic hydroxyl groups is 1. The second kappa shape index (κ2) is 4.75. The van der Waals surface area contributed by atoms with Gasteiger partial charge in [0.05, 0.1) is 0 Å². The van der Waals surface area contributed by atoms with Crippen molar-refractivity contribution < 1.29 is 5.11 Å². The van der Waals surface area contributed by atoms with Crippen molar-refractivity contribution in [2.24, 2.45) is 0 Å². The van der Waals surface area contributed by atoms with Crippen molar-refractivity contribution in [2.45, 2.75) is 26.9 Å². The van der Waals surface area contributed by atoms with E-state index in [1.807, 2.05) is 0 Å². The minimum Gasteiger partial charge on any atom is -0.383 e. The van der Waals surface area contributed by atoms with E-state index >= 15 is 0 Å². The summed E-state index contributed by atoms with van der Waals surface area (Å²) in [6.07, 6.45) is -0.509. The van der Waals surface area contributed by atoms with Gasteiger partial charge in [-0.2, -0.15) is 0 Å². The third-order valence-corrected chi connectivity index (χ3v) is 5.59. The molecule has 1 N–H and O–H groups in total. The molecule has 98 valence electrons.